The third-order valence-electron chi connectivity index (χ3n) is 11.9. The van der Waals surface area contributed by atoms with Gasteiger partial charge in [-0.2, -0.15) is 0 Å². The molecule has 0 N–H and O–H groups in total. The molecular formula is C59H41N3. The van der Waals surface area contributed by atoms with Crippen molar-refractivity contribution in [2.45, 2.75) is 0 Å². The van der Waals surface area contributed by atoms with E-state index in [4.69, 9.17) is 4.98 Å². The van der Waals surface area contributed by atoms with Crippen LogP contribution in [0.2, 0.25) is 0 Å². The van der Waals surface area contributed by atoms with Crippen molar-refractivity contribution in [2.75, 3.05) is 4.90 Å². The van der Waals surface area contributed by atoms with E-state index in [1.165, 1.54) is 49.7 Å². The van der Waals surface area contributed by atoms with E-state index in [0.29, 0.717) is 0 Å². The Morgan fingerprint density at radius 1 is 0.323 bits per heavy atom. The highest BCUT2D eigenvalue weighted by Gasteiger charge is 2.18. The summed E-state index contributed by atoms with van der Waals surface area (Å²) in [6.45, 7) is 0. The molecule has 62 heavy (non-hydrogen) atoms. The number of anilines is 3. The van der Waals surface area contributed by atoms with Crippen molar-refractivity contribution in [3.8, 4) is 61.5 Å². The fourth-order valence-electron chi connectivity index (χ4n) is 8.77. The molecule has 11 aromatic rings. The molecule has 292 valence electrons. The van der Waals surface area contributed by atoms with E-state index in [1.807, 2.05) is 6.20 Å². The molecule has 0 saturated heterocycles. The molecule has 0 spiro atoms. The second-order valence-electron chi connectivity index (χ2n) is 15.6. The maximum absolute atomic E-state index is 5.07. The second-order valence-corrected chi connectivity index (χ2v) is 15.6. The second kappa shape index (κ2) is 16.1. The van der Waals surface area contributed by atoms with E-state index in [0.717, 1.165) is 50.7 Å². The lowest BCUT2D eigenvalue weighted by Crippen LogP contribution is -2.09. The van der Waals surface area contributed by atoms with Gasteiger partial charge in [0.25, 0.3) is 0 Å². The largest absolute Gasteiger partial charge is 0.311 e. The first-order valence-electron chi connectivity index (χ1n) is 21.1. The smallest absolute Gasteiger partial charge is 0.0725 e. The van der Waals surface area contributed by atoms with Gasteiger partial charge in [-0.1, -0.05) is 188 Å². The van der Waals surface area contributed by atoms with Crippen LogP contribution < -0.4 is 4.90 Å². The third-order valence-corrected chi connectivity index (χ3v) is 11.9. The van der Waals surface area contributed by atoms with Crippen molar-refractivity contribution in [3.05, 3.63) is 249 Å². The summed E-state index contributed by atoms with van der Waals surface area (Å²) >= 11 is 0. The number of hydrogen-bond donors (Lipinski definition) is 0. The van der Waals surface area contributed by atoms with Crippen LogP contribution >= 0.6 is 0 Å². The molecule has 11 rings (SSSR count). The van der Waals surface area contributed by atoms with Crippen LogP contribution in [0.4, 0.5) is 17.1 Å². The zero-order chi connectivity index (χ0) is 41.2. The average Bonchev–Trinajstić information content (AvgIpc) is 3.70. The minimum atomic E-state index is 0.948. The number of fused-ring (bicyclic) bond motifs is 3. The quantitative estimate of drug-likeness (QED) is 0.145. The van der Waals surface area contributed by atoms with Gasteiger partial charge in [0.15, 0.2) is 0 Å². The van der Waals surface area contributed by atoms with Crippen molar-refractivity contribution >= 4 is 38.9 Å². The van der Waals surface area contributed by atoms with Crippen molar-refractivity contribution in [1.82, 2.24) is 9.55 Å². The summed E-state index contributed by atoms with van der Waals surface area (Å²) in [4.78, 5) is 7.40. The lowest BCUT2D eigenvalue weighted by atomic mass is 10.0. The Hall–Kier alpha value is -8.27. The summed E-state index contributed by atoms with van der Waals surface area (Å²) in [5.74, 6) is 0. The van der Waals surface area contributed by atoms with Crippen LogP contribution in [0.3, 0.4) is 0 Å². The van der Waals surface area contributed by atoms with Crippen LogP contribution in [0.1, 0.15) is 0 Å². The molecular weight excluding hydrogens is 751 g/mol. The molecule has 0 aliphatic rings. The molecule has 0 aliphatic carbocycles. The highest BCUT2D eigenvalue weighted by atomic mass is 15.1. The summed E-state index contributed by atoms with van der Waals surface area (Å²) in [6, 6.07) is 86.6. The van der Waals surface area contributed by atoms with Crippen LogP contribution in [0.5, 0.6) is 0 Å². The Kier molecular flexibility index (Phi) is 9.53. The Bertz CT molecular complexity index is 3180. The zero-order valence-electron chi connectivity index (χ0n) is 34.0. The molecule has 2 aromatic heterocycles. The molecule has 0 bridgehead atoms. The molecule has 0 radical (unpaired) electrons. The van der Waals surface area contributed by atoms with Crippen LogP contribution in [0.25, 0.3) is 83.3 Å². The van der Waals surface area contributed by atoms with Gasteiger partial charge in [0, 0.05) is 44.6 Å². The van der Waals surface area contributed by atoms with Gasteiger partial charge in [-0.05, 0) is 93.5 Å². The zero-order valence-corrected chi connectivity index (χ0v) is 34.0. The number of para-hydroxylation sites is 2. The van der Waals surface area contributed by atoms with Gasteiger partial charge in [0.2, 0.25) is 0 Å². The van der Waals surface area contributed by atoms with Crippen molar-refractivity contribution in [1.29, 1.82) is 0 Å². The van der Waals surface area contributed by atoms with Gasteiger partial charge in [0.05, 0.1) is 22.9 Å². The first-order valence-corrected chi connectivity index (χ1v) is 21.1. The summed E-state index contributed by atoms with van der Waals surface area (Å²) in [6.07, 6.45) is 2.04. The average molecular weight is 792 g/mol. The number of benzene rings is 9. The predicted molar refractivity (Wildman–Crippen MR) is 260 cm³/mol. The molecule has 3 heteroatoms. The van der Waals surface area contributed by atoms with E-state index < -0.39 is 0 Å². The molecule has 0 unspecified atom stereocenters. The highest BCUT2D eigenvalue weighted by molar-refractivity contribution is 6.14. The summed E-state index contributed by atoms with van der Waals surface area (Å²) in [7, 11) is 0. The molecule has 2 heterocycles. The van der Waals surface area contributed by atoms with Crippen molar-refractivity contribution in [2.24, 2.45) is 0 Å². The Labute approximate surface area is 362 Å². The van der Waals surface area contributed by atoms with Gasteiger partial charge in [-0.25, -0.2) is 0 Å². The number of rotatable bonds is 9. The standard InChI is InChI=1S/C59H41N3/c1-5-14-42(15-6-1)45-28-34-51(35-29-45)61(52-36-30-46(31-37-52)43-16-7-2-8-17-43)53-38-32-47(33-39-53)44-24-26-49(27-25-44)57-40-56-55-23-13-22-54(48-18-9-3-10-19-48)59(55)62(58(56)41-60-57)50-20-11-4-12-21-50/h1-41H. The van der Waals surface area contributed by atoms with Crippen LogP contribution in [0, 0.1) is 0 Å². The summed E-state index contributed by atoms with van der Waals surface area (Å²) in [5.41, 5.74) is 18.2. The fourth-order valence-corrected chi connectivity index (χ4v) is 8.77. The van der Waals surface area contributed by atoms with Crippen LogP contribution in [0.15, 0.2) is 249 Å². The first kappa shape index (κ1) is 36.8. The monoisotopic (exact) mass is 791 g/mol. The highest BCUT2D eigenvalue weighted by Crippen LogP contribution is 2.40. The molecule has 0 saturated carbocycles. The van der Waals surface area contributed by atoms with Gasteiger partial charge < -0.3 is 9.47 Å². The molecule has 0 amide bonds. The SMILES string of the molecule is c1ccc(-c2ccc(N(c3ccc(-c4ccccc4)cc3)c3ccc(-c4ccc(-c5cc6c7cccc(-c8ccccc8)c7n(-c7ccccc7)c6cn5)cc4)cc3)cc2)cc1. The van der Waals surface area contributed by atoms with E-state index in [-0.39, 0.29) is 0 Å². The van der Waals surface area contributed by atoms with Gasteiger partial charge in [-0.3, -0.25) is 4.98 Å². The minimum absolute atomic E-state index is 0.948. The Morgan fingerprint density at radius 2 is 0.726 bits per heavy atom. The third kappa shape index (κ3) is 6.92. The number of hydrogen-bond acceptors (Lipinski definition) is 2. The first-order chi connectivity index (χ1) is 30.7. The number of nitrogens with zero attached hydrogens (tertiary/aromatic N) is 3. The lowest BCUT2D eigenvalue weighted by Gasteiger charge is -2.26. The van der Waals surface area contributed by atoms with E-state index in [2.05, 4.69) is 252 Å². The van der Waals surface area contributed by atoms with Gasteiger partial charge in [-0.15, -0.1) is 0 Å². The molecule has 0 fully saturated rings. The Morgan fingerprint density at radius 3 is 1.21 bits per heavy atom. The Balaban J connectivity index is 0.921. The predicted octanol–water partition coefficient (Wildman–Crippen LogP) is 16.0. The summed E-state index contributed by atoms with van der Waals surface area (Å²) in [5, 5.41) is 2.39. The van der Waals surface area contributed by atoms with E-state index >= 15 is 0 Å². The topological polar surface area (TPSA) is 21.1 Å². The normalized spacial score (nSPS) is 11.2. The van der Waals surface area contributed by atoms with Crippen molar-refractivity contribution < 1.29 is 0 Å². The fraction of sp³-hybridized carbons (Fsp3) is 0. The van der Waals surface area contributed by atoms with Gasteiger partial charge >= 0.3 is 0 Å². The van der Waals surface area contributed by atoms with E-state index in [9.17, 15) is 0 Å². The van der Waals surface area contributed by atoms with Crippen LogP contribution in [-0.4, -0.2) is 9.55 Å². The van der Waals surface area contributed by atoms with E-state index in [1.54, 1.807) is 0 Å². The molecule has 0 atom stereocenters. The van der Waals surface area contributed by atoms with Gasteiger partial charge in [0.1, 0.15) is 0 Å². The van der Waals surface area contributed by atoms with Crippen LogP contribution in [-0.2, 0) is 0 Å². The number of pyridine rings is 1. The molecule has 9 aromatic carbocycles. The maximum atomic E-state index is 5.07. The van der Waals surface area contributed by atoms with Crippen molar-refractivity contribution in [3.63, 3.8) is 0 Å². The molecule has 3 nitrogen and oxygen atoms in total. The minimum Gasteiger partial charge on any atom is -0.311 e. The molecule has 0 aliphatic heterocycles. The lowest BCUT2D eigenvalue weighted by molar-refractivity contribution is 1.17. The number of aromatic nitrogens is 2. The summed E-state index contributed by atoms with van der Waals surface area (Å²) < 4.78 is 2.36. The maximum Gasteiger partial charge on any atom is 0.0725 e.